The second-order valence-electron chi connectivity index (χ2n) is 6.54. The van der Waals surface area contributed by atoms with Crippen LogP contribution in [0.5, 0.6) is 0 Å². The Morgan fingerprint density at radius 2 is 1.92 bits per heavy atom. The van der Waals surface area contributed by atoms with E-state index in [9.17, 15) is 4.79 Å². The van der Waals surface area contributed by atoms with Gasteiger partial charge in [-0.25, -0.2) is 0 Å². The molecule has 0 radical (unpaired) electrons. The molecule has 1 amide bonds. The van der Waals surface area contributed by atoms with Crippen molar-refractivity contribution >= 4 is 17.5 Å². The zero-order valence-corrected chi connectivity index (χ0v) is 15.8. The molecule has 2 heterocycles. The van der Waals surface area contributed by atoms with Gasteiger partial charge in [0.05, 0.1) is 19.3 Å². The second kappa shape index (κ2) is 9.21. The molecule has 26 heavy (non-hydrogen) atoms. The molecule has 1 aromatic heterocycles. The Morgan fingerprint density at radius 3 is 2.58 bits per heavy atom. The van der Waals surface area contributed by atoms with Crippen LogP contribution in [0.15, 0.2) is 40.8 Å². The summed E-state index contributed by atoms with van der Waals surface area (Å²) >= 11 is 5.89. The maximum Gasteiger partial charge on any atom is 0.220 e. The minimum Gasteiger partial charge on any atom is -0.465 e. The number of benzene rings is 1. The minimum atomic E-state index is 0.0343. The molecule has 5 nitrogen and oxygen atoms in total. The topological polar surface area (TPSA) is 54.7 Å². The average molecular weight is 377 g/mol. The van der Waals surface area contributed by atoms with Gasteiger partial charge in [-0.2, -0.15) is 0 Å². The molecule has 1 saturated heterocycles. The van der Waals surface area contributed by atoms with Gasteiger partial charge in [-0.05, 0) is 43.2 Å². The first-order valence-corrected chi connectivity index (χ1v) is 9.39. The minimum absolute atomic E-state index is 0.0343. The highest BCUT2D eigenvalue weighted by molar-refractivity contribution is 6.30. The van der Waals surface area contributed by atoms with E-state index in [4.69, 9.17) is 20.8 Å². The van der Waals surface area contributed by atoms with Crippen LogP contribution in [0, 0.1) is 6.92 Å². The number of hydrogen-bond donors (Lipinski definition) is 1. The largest absolute Gasteiger partial charge is 0.465 e. The molecule has 1 aliphatic heterocycles. The number of morpholine rings is 1. The number of rotatable bonds is 7. The highest BCUT2D eigenvalue weighted by Gasteiger charge is 2.25. The van der Waals surface area contributed by atoms with Crippen LogP contribution >= 0.6 is 11.6 Å². The molecule has 1 N–H and O–H groups in total. The Bertz CT molecular complexity index is 708. The number of nitrogens with one attached hydrogen (secondary N) is 1. The van der Waals surface area contributed by atoms with Gasteiger partial charge in [-0.15, -0.1) is 0 Å². The third-order valence-corrected chi connectivity index (χ3v) is 4.87. The first-order chi connectivity index (χ1) is 12.6. The predicted octanol–water partition coefficient (Wildman–Crippen LogP) is 3.36. The fraction of sp³-hybridized carbons (Fsp3) is 0.450. The van der Waals surface area contributed by atoms with Gasteiger partial charge in [0.15, 0.2) is 0 Å². The monoisotopic (exact) mass is 376 g/mol. The molecule has 1 aromatic carbocycles. The van der Waals surface area contributed by atoms with Crippen molar-refractivity contribution in [2.24, 2.45) is 0 Å². The van der Waals surface area contributed by atoms with Crippen molar-refractivity contribution in [2.75, 3.05) is 32.8 Å². The van der Waals surface area contributed by atoms with Gasteiger partial charge in [0.25, 0.3) is 0 Å². The van der Waals surface area contributed by atoms with Crippen molar-refractivity contribution in [3.05, 3.63) is 58.5 Å². The second-order valence-corrected chi connectivity index (χ2v) is 6.98. The summed E-state index contributed by atoms with van der Waals surface area (Å²) in [6, 6.07) is 11.6. The van der Waals surface area contributed by atoms with E-state index in [1.807, 2.05) is 43.3 Å². The number of halogens is 1. The molecule has 1 unspecified atom stereocenters. The van der Waals surface area contributed by atoms with Gasteiger partial charge in [0, 0.05) is 31.1 Å². The fourth-order valence-electron chi connectivity index (χ4n) is 3.14. The molecule has 1 atom stereocenters. The summed E-state index contributed by atoms with van der Waals surface area (Å²) < 4.78 is 11.3. The van der Waals surface area contributed by atoms with E-state index in [1.165, 1.54) is 0 Å². The highest BCUT2D eigenvalue weighted by atomic mass is 35.5. The predicted molar refractivity (Wildman–Crippen MR) is 101 cm³/mol. The lowest BCUT2D eigenvalue weighted by atomic mass is 10.1. The Labute approximate surface area is 159 Å². The van der Waals surface area contributed by atoms with E-state index >= 15 is 0 Å². The van der Waals surface area contributed by atoms with Crippen LogP contribution in [0.25, 0.3) is 0 Å². The van der Waals surface area contributed by atoms with E-state index in [2.05, 4.69) is 10.2 Å². The lowest BCUT2D eigenvalue weighted by molar-refractivity contribution is -0.121. The van der Waals surface area contributed by atoms with E-state index in [1.54, 1.807) is 0 Å². The lowest BCUT2D eigenvalue weighted by Crippen LogP contribution is -2.43. The van der Waals surface area contributed by atoms with Crippen LogP contribution in [0.3, 0.4) is 0 Å². The molecule has 2 aromatic rings. The first kappa shape index (κ1) is 19.0. The molecule has 1 aliphatic rings. The van der Waals surface area contributed by atoms with Crippen molar-refractivity contribution in [2.45, 2.75) is 25.8 Å². The van der Waals surface area contributed by atoms with Crippen molar-refractivity contribution < 1.29 is 13.9 Å². The Kier molecular flexibility index (Phi) is 6.72. The van der Waals surface area contributed by atoms with E-state index in [-0.39, 0.29) is 11.9 Å². The molecule has 0 bridgehead atoms. The first-order valence-electron chi connectivity index (χ1n) is 9.01. The fourth-order valence-corrected chi connectivity index (χ4v) is 3.27. The zero-order valence-electron chi connectivity index (χ0n) is 15.0. The maximum atomic E-state index is 12.3. The number of aryl methyl sites for hydroxylation is 2. The van der Waals surface area contributed by atoms with Gasteiger partial charge in [-0.1, -0.05) is 23.7 Å². The zero-order chi connectivity index (χ0) is 18.4. The molecule has 0 saturated carbocycles. The van der Waals surface area contributed by atoms with Crippen LogP contribution in [0.1, 0.15) is 29.5 Å². The third kappa shape index (κ3) is 5.34. The van der Waals surface area contributed by atoms with Crippen LogP contribution < -0.4 is 5.32 Å². The molecular weight excluding hydrogens is 352 g/mol. The summed E-state index contributed by atoms with van der Waals surface area (Å²) in [7, 11) is 0. The van der Waals surface area contributed by atoms with Crippen LogP contribution in [0.2, 0.25) is 5.02 Å². The van der Waals surface area contributed by atoms with Crippen molar-refractivity contribution in [3.63, 3.8) is 0 Å². The van der Waals surface area contributed by atoms with E-state index < -0.39 is 0 Å². The van der Waals surface area contributed by atoms with Crippen LogP contribution in [-0.2, 0) is 16.0 Å². The molecule has 0 spiro atoms. The van der Waals surface area contributed by atoms with Gasteiger partial charge in [-0.3, -0.25) is 9.69 Å². The Morgan fingerprint density at radius 1 is 1.19 bits per heavy atom. The number of furan rings is 1. The SMILES string of the molecule is Cc1ccc(C(CNC(=O)CCc2ccc(Cl)cc2)N2CCOCC2)o1. The standard InChI is InChI=1S/C20H25ClN2O3/c1-15-2-8-19(26-15)18(23-10-12-25-13-11-23)14-22-20(24)9-5-16-3-6-17(21)7-4-16/h2-4,6-8,18H,5,9-14H2,1H3,(H,22,24). The van der Waals surface area contributed by atoms with Crippen LogP contribution in [0.4, 0.5) is 0 Å². The summed E-state index contributed by atoms with van der Waals surface area (Å²) in [5.41, 5.74) is 1.11. The smallest absolute Gasteiger partial charge is 0.220 e. The van der Waals surface area contributed by atoms with E-state index in [0.29, 0.717) is 37.6 Å². The molecule has 6 heteroatoms. The molecule has 0 aliphatic carbocycles. The summed E-state index contributed by atoms with van der Waals surface area (Å²) in [5.74, 6) is 1.82. The lowest BCUT2D eigenvalue weighted by Gasteiger charge is -2.33. The molecule has 3 rings (SSSR count). The van der Waals surface area contributed by atoms with E-state index in [0.717, 1.165) is 30.2 Å². The molecule has 140 valence electrons. The summed E-state index contributed by atoms with van der Waals surface area (Å²) in [4.78, 5) is 14.6. The number of amides is 1. The van der Waals surface area contributed by atoms with Gasteiger partial charge >= 0.3 is 0 Å². The number of carbonyl (C=O) groups is 1. The number of nitrogens with zero attached hydrogens (tertiary/aromatic N) is 1. The molecule has 1 fully saturated rings. The molecular formula is C20H25ClN2O3. The maximum absolute atomic E-state index is 12.3. The number of carbonyl (C=O) groups excluding carboxylic acids is 1. The Hall–Kier alpha value is -1.82. The van der Waals surface area contributed by atoms with Crippen molar-refractivity contribution in [1.82, 2.24) is 10.2 Å². The summed E-state index contributed by atoms with van der Waals surface area (Å²) in [6.07, 6.45) is 1.15. The van der Waals surface area contributed by atoms with Crippen molar-refractivity contribution in [3.8, 4) is 0 Å². The number of ether oxygens (including phenoxy) is 1. The highest BCUT2D eigenvalue weighted by Crippen LogP contribution is 2.23. The van der Waals surface area contributed by atoms with Gasteiger partial charge < -0.3 is 14.5 Å². The normalized spacial score (nSPS) is 16.4. The van der Waals surface area contributed by atoms with Crippen molar-refractivity contribution in [1.29, 1.82) is 0 Å². The van der Waals surface area contributed by atoms with Gasteiger partial charge in [0.1, 0.15) is 11.5 Å². The quantitative estimate of drug-likeness (QED) is 0.805. The summed E-state index contributed by atoms with van der Waals surface area (Å²) in [6.45, 7) is 5.56. The van der Waals surface area contributed by atoms with Crippen LogP contribution in [-0.4, -0.2) is 43.7 Å². The average Bonchev–Trinajstić information content (AvgIpc) is 3.08. The third-order valence-electron chi connectivity index (χ3n) is 4.62. The Balaban J connectivity index is 1.54. The number of hydrogen-bond acceptors (Lipinski definition) is 4. The van der Waals surface area contributed by atoms with Gasteiger partial charge in [0.2, 0.25) is 5.91 Å². The summed E-state index contributed by atoms with van der Waals surface area (Å²) in [5, 5.41) is 3.77.